The highest BCUT2D eigenvalue weighted by molar-refractivity contribution is 5.95. The van der Waals surface area contributed by atoms with Crippen molar-refractivity contribution in [1.29, 1.82) is 0 Å². The van der Waals surface area contributed by atoms with Crippen LogP contribution in [-0.4, -0.2) is 62.6 Å². The molecule has 8 heteroatoms. The van der Waals surface area contributed by atoms with Crippen LogP contribution in [0.2, 0.25) is 0 Å². The molecule has 0 aromatic carbocycles. The summed E-state index contributed by atoms with van der Waals surface area (Å²) >= 11 is 0. The van der Waals surface area contributed by atoms with Crippen molar-refractivity contribution in [3.05, 3.63) is 17.5 Å². The Morgan fingerprint density at radius 2 is 1.94 bits per heavy atom. The zero-order valence-electron chi connectivity index (χ0n) is 8.61. The van der Waals surface area contributed by atoms with Crippen molar-refractivity contribution in [3.63, 3.8) is 0 Å². The predicted molar refractivity (Wildman–Crippen MR) is 51.4 cm³/mol. The molecule has 0 bridgehead atoms. The number of β-amino-alcohol motifs (C(OH)–C–C–N with tert-alkyl or cyclic N) is 2. The molecule has 0 saturated carbocycles. The molecular weight excluding hydrogens is 232 g/mol. The molecule has 8 nitrogen and oxygen atoms in total. The quantitative estimate of drug-likeness (QED) is 0.579. The second kappa shape index (κ2) is 4.15. The lowest BCUT2D eigenvalue weighted by molar-refractivity contribution is 0.0572. The van der Waals surface area contributed by atoms with E-state index in [1.165, 1.54) is 4.90 Å². The van der Waals surface area contributed by atoms with E-state index < -0.39 is 29.8 Å². The maximum atomic E-state index is 11.8. The van der Waals surface area contributed by atoms with E-state index in [1.807, 2.05) is 0 Å². The average molecular weight is 242 g/mol. The van der Waals surface area contributed by atoms with Crippen LogP contribution in [0, 0.1) is 0 Å². The molecule has 1 aromatic heterocycles. The van der Waals surface area contributed by atoms with E-state index in [-0.39, 0.29) is 18.8 Å². The predicted octanol–water partition coefficient (Wildman–Crippen LogP) is -1.45. The highest BCUT2D eigenvalue weighted by Crippen LogP contribution is 2.14. The molecule has 0 radical (unpaired) electrons. The molecule has 2 unspecified atom stereocenters. The highest BCUT2D eigenvalue weighted by Gasteiger charge is 2.34. The molecule has 3 N–H and O–H groups in total. The number of hydrogen-bond acceptors (Lipinski definition) is 6. The summed E-state index contributed by atoms with van der Waals surface area (Å²) < 4.78 is 4.44. The van der Waals surface area contributed by atoms with Crippen LogP contribution in [0.4, 0.5) is 0 Å². The number of aromatic nitrogens is 1. The SMILES string of the molecule is O=C(O)c1cc(C(=O)N2CC(O)C(O)C2)no1. The van der Waals surface area contributed by atoms with Crippen molar-refractivity contribution in [2.75, 3.05) is 13.1 Å². The van der Waals surface area contributed by atoms with Crippen molar-refractivity contribution >= 4 is 11.9 Å². The normalized spacial score (nSPS) is 24.0. The van der Waals surface area contributed by atoms with E-state index in [0.29, 0.717) is 0 Å². The first-order valence-corrected chi connectivity index (χ1v) is 4.84. The molecule has 92 valence electrons. The van der Waals surface area contributed by atoms with Crippen LogP contribution < -0.4 is 0 Å². The molecular formula is C9H10N2O6. The van der Waals surface area contributed by atoms with Crippen LogP contribution in [0.3, 0.4) is 0 Å². The molecule has 1 amide bonds. The summed E-state index contributed by atoms with van der Waals surface area (Å²) in [5.41, 5.74) is -0.163. The van der Waals surface area contributed by atoms with Gasteiger partial charge in [-0.25, -0.2) is 4.79 Å². The molecule has 1 aromatic rings. The van der Waals surface area contributed by atoms with E-state index in [0.717, 1.165) is 6.07 Å². The van der Waals surface area contributed by atoms with Gasteiger partial charge in [-0.3, -0.25) is 4.79 Å². The van der Waals surface area contributed by atoms with Gasteiger partial charge in [0.2, 0.25) is 5.76 Å². The zero-order chi connectivity index (χ0) is 12.6. The number of hydrogen-bond donors (Lipinski definition) is 3. The fourth-order valence-electron chi connectivity index (χ4n) is 1.57. The van der Waals surface area contributed by atoms with Gasteiger partial charge in [-0.2, -0.15) is 0 Å². The van der Waals surface area contributed by atoms with E-state index in [2.05, 4.69) is 9.68 Å². The van der Waals surface area contributed by atoms with Crippen molar-refractivity contribution in [2.24, 2.45) is 0 Å². The second-order valence-corrected chi connectivity index (χ2v) is 3.73. The summed E-state index contributed by atoms with van der Waals surface area (Å²) in [6.07, 6.45) is -1.99. The number of nitrogens with zero attached hydrogens (tertiary/aromatic N) is 2. The highest BCUT2D eigenvalue weighted by atomic mass is 16.5. The minimum Gasteiger partial charge on any atom is -0.475 e. The van der Waals surface area contributed by atoms with E-state index in [1.54, 1.807) is 0 Å². The second-order valence-electron chi connectivity index (χ2n) is 3.73. The Balaban J connectivity index is 2.12. The summed E-state index contributed by atoms with van der Waals surface area (Å²) in [5, 5.41) is 30.5. The Morgan fingerprint density at radius 1 is 1.35 bits per heavy atom. The lowest BCUT2D eigenvalue weighted by Crippen LogP contribution is -2.30. The molecule has 2 rings (SSSR count). The van der Waals surface area contributed by atoms with Gasteiger partial charge in [0, 0.05) is 19.2 Å². The van der Waals surface area contributed by atoms with Crippen molar-refractivity contribution in [2.45, 2.75) is 12.2 Å². The first kappa shape index (κ1) is 11.6. The summed E-state index contributed by atoms with van der Waals surface area (Å²) in [7, 11) is 0. The largest absolute Gasteiger partial charge is 0.475 e. The van der Waals surface area contributed by atoms with Crippen LogP contribution >= 0.6 is 0 Å². The van der Waals surface area contributed by atoms with Crippen LogP contribution in [0.15, 0.2) is 10.6 Å². The Kier molecular flexibility index (Phi) is 2.82. The number of carboxylic acids is 1. The molecule has 1 fully saturated rings. The van der Waals surface area contributed by atoms with Crippen LogP contribution in [0.1, 0.15) is 21.0 Å². The maximum absolute atomic E-state index is 11.8. The number of carboxylic acid groups (broad SMARTS) is 1. The number of amides is 1. The molecule has 2 atom stereocenters. The van der Waals surface area contributed by atoms with Crippen LogP contribution in [0.25, 0.3) is 0 Å². The number of aromatic carboxylic acids is 1. The van der Waals surface area contributed by atoms with E-state index >= 15 is 0 Å². The fourth-order valence-corrected chi connectivity index (χ4v) is 1.57. The number of carbonyl (C=O) groups is 2. The third-order valence-electron chi connectivity index (χ3n) is 2.49. The van der Waals surface area contributed by atoms with Gasteiger partial charge in [0.05, 0.1) is 12.2 Å². The van der Waals surface area contributed by atoms with Crippen molar-refractivity contribution in [1.82, 2.24) is 10.1 Å². The minimum atomic E-state index is -1.32. The third-order valence-corrected chi connectivity index (χ3v) is 2.49. The first-order valence-electron chi connectivity index (χ1n) is 4.84. The molecule has 1 aliphatic rings. The summed E-state index contributed by atoms with van der Waals surface area (Å²) in [6.45, 7) is -0.0372. The van der Waals surface area contributed by atoms with Crippen molar-refractivity contribution < 1.29 is 29.4 Å². The third kappa shape index (κ3) is 2.12. The minimum absolute atomic E-state index is 0.0186. The Labute approximate surface area is 95.0 Å². The number of aliphatic hydroxyl groups excluding tert-OH is 2. The Hall–Kier alpha value is -1.93. The van der Waals surface area contributed by atoms with Crippen LogP contribution in [0.5, 0.6) is 0 Å². The Morgan fingerprint density at radius 3 is 2.41 bits per heavy atom. The van der Waals surface area contributed by atoms with Crippen LogP contribution in [-0.2, 0) is 0 Å². The molecule has 2 heterocycles. The topological polar surface area (TPSA) is 124 Å². The van der Waals surface area contributed by atoms with Gasteiger partial charge < -0.3 is 24.7 Å². The summed E-state index contributed by atoms with van der Waals surface area (Å²) in [4.78, 5) is 23.5. The lowest BCUT2D eigenvalue weighted by atomic mass is 10.3. The molecule has 0 aliphatic carbocycles. The smallest absolute Gasteiger partial charge is 0.374 e. The van der Waals surface area contributed by atoms with Gasteiger partial charge in [0.1, 0.15) is 0 Å². The van der Waals surface area contributed by atoms with E-state index in [9.17, 15) is 19.8 Å². The monoisotopic (exact) mass is 242 g/mol. The lowest BCUT2D eigenvalue weighted by Gasteiger charge is -2.12. The zero-order valence-corrected chi connectivity index (χ0v) is 8.61. The van der Waals surface area contributed by atoms with Gasteiger partial charge in [0.15, 0.2) is 5.69 Å². The van der Waals surface area contributed by atoms with Gasteiger partial charge in [-0.05, 0) is 0 Å². The standard InChI is InChI=1S/C9H10N2O6/c12-5-2-11(3-6(5)13)8(14)4-1-7(9(15)16)17-10-4/h1,5-6,12-13H,2-3H2,(H,15,16). The van der Waals surface area contributed by atoms with Gasteiger partial charge >= 0.3 is 5.97 Å². The number of carbonyl (C=O) groups excluding carboxylic acids is 1. The molecule has 1 saturated heterocycles. The number of likely N-dealkylation sites (tertiary alicyclic amines) is 1. The van der Waals surface area contributed by atoms with E-state index in [4.69, 9.17) is 5.11 Å². The number of aliphatic hydroxyl groups is 2. The maximum Gasteiger partial charge on any atom is 0.374 e. The molecule has 1 aliphatic heterocycles. The molecule has 0 spiro atoms. The Bertz CT molecular complexity index is 446. The number of rotatable bonds is 2. The van der Waals surface area contributed by atoms with Gasteiger partial charge in [-0.1, -0.05) is 5.16 Å². The first-order chi connectivity index (χ1) is 7.99. The van der Waals surface area contributed by atoms with Gasteiger partial charge in [0.25, 0.3) is 5.91 Å². The summed E-state index contributed by atoms with van der Waals surface area (Å²) in [5.74, 6) is -2.34. The summed E-state index contributed by atoms with van der Waals surface area (Å²) in [6, 6.07) is 1.00. The van der Waals surface area contributed by atoms with Crippen molar-refractivity contribution in [3.8, 4) is 0 Å². The average Bonchev–Trinajstić information content (AvgIpc) is 2.86. The van der Waals surface area contributed by atoms with Gasteiger partial charge in [-0.15, -0.1) is 0 Å². The fraction of sp³-hybridized carbons (Fsp3) is 0.444. The molecule has 17 heavy (non-hydrogen) atoms.